The molecule has 1 aliphatic rings. The van der Waals surface area contributed by atoms with E-state index in [0.29, 0.717) is 66.9 Å². The standard InChI is InChI=1S/C27H34N8O4S/c1-2-38-11-3-6-34-21-15-22-20(31-27(37)35(22)8-7-33-9-12-39-13-10-33)14-19(21)30-26(34)32-25(36)24-5-4-23(40-24)18(16-28)17-29/h4-5,14-17,28H,2-3,6-13,29H2,1H3,(H,31,37)(H,30,32,36)/b18-17+,28-16?. The minimum atomic E-state index is -0.299. The molecular weight excluding hydrogens is 532 g/mol. The number of nitrogens with one attached hydrogen (secondary N) is 3. The van der Waals surface area contributed by atoms with E-state index in [1.54, 1.807) is 16.7 Å². The third-order valence-electron chi connectivity index (χ3n) is 6.94. The molecule has 1 saturated heterocycles. The number of anilines is 1. The summed E-state index contributed by atoms with van der Waals surface area (Å²) in [6, 6.07) is 7.31. The molecule has 0 unspecified atom stereocenters. The smallest absolute Gasteiger partial charge is 0.326 e. The van der Waals surface area contributed by atoms with Crippen LogP contribution in [0.5, 0.6) is 0 Å². The van der Waals surface area contributed by atoms with Gasteiger partial charge in [-0.05, 0) is 37.6 Å². The van der Waals surface area contributed by atoms with Gasteiger partial charge in [0.2, 0.25) is 5.95 Å². The summed E-state index contributed by atoms with van der Waals surface area (Å²) in [6.07, 6.45) is 3.23. The van der Waals surface area contributed by atoms with E-state index in [2.05, 4.69) is 15.2 Å². The number of carbonyl (C=O) groups excluding carboxylic acids is 1. The second-order valence-electron chi connectivity index (χ2n) is 9.42. The van der Waals surface area contributed by atoms with Crippen molar-refractivity contribution in [2.24, 2.45) is 5.73 Å². The Bertz CT molecular complexity index is 1590. The molecule has 1 aromatic carbocycles. The summed E-state index contributed by atoms with van der Waals surface area (Å²) in [5.41, 5.74) is 8.98. The Morgan fingerprint density at radius 2 is 2.00 bits per heavy atom. The lowest BCUT2D eigenvalue weighted by molar-refractivity contribution is 0.0364. The van der Waals surface area contributed by atoms with Crippen molar-refractivity contribution in [3.05, 3.63) is 50.7 Å². The Kier molecular flexibility index (Phi) is 8.75. The molecule has 4 aromatic rings. The van der Waals surface area contributed by atoms with E-state index in [1.807, 2.05) is 23.6 Å². The molecule has 0 atom stereocenters. The average molecular weight is 567 g/mol. The van der Waals surface area contributed by atoms with Crippen LogP contribution in [0.4, 0.5) is 5.95 Å². The monoisotopic (exact) mass is 566 g/mol. The number of fused-ring (bicyclic) bond motifs is 2. The molecule has 5 rings (SSSR count). The highest BCUT2D eigenvalue weighted by Crippen LogP contribution is 2.27. The van der Waals surface area contributed by atoms with E-state index in [1.165, 1.54) is 17.5 Å². The van der Waals surface area contributed by atoms with Crippen LogP contribution in [0.1, 0.15) is 27.9 Å². The van der Waals surface area contributed by atoms with Gasteiger partial charge in [0.15, 0.2) is 0 Å². The van der Waals surface area contributed by atoms with Gasteiger partial charge in [0.1, 0.15) is 0 Å². The maximum atomic E-state index is 13.2. The first-order valence-electron chi connectivity index (χ1n) is 13.4. The number of nitrogens with zero attached hydrogens (tertiary/aromatic N) is 4. The molecular formula is C27H34N8O4S. The first-order chi connectivity index (χ1) is 19.5. The van der Waals surface area contributed by atoms with Gasteiger partial charge in [0.25, 0.3) is 5.91 Å². The lowest BCUT2D eigenvalue weighted by Crippen LogP contribution is -2.39. The second-order valence-corrected chi connectivity index (χ2v) is 10.5. The number of rotatable bonds is 12. The molecule has 0 bridgehead atoms. The van der Waals surface area contributed by atoms with Gasteiger partial charge < -0.3 is 30.2 Å². The summed E-state index contributed by atoms with van der Waals surface area (Å²) in [7, 11) is 0. The summed E-state index contributed by atoms with van der Waals surface area (Å²) in [5.74, 6) is 0.120. The van der Waals surface area contributed by atoms with Gasteiger partial charge in [-0.1, -0.05) is 0 Å². The van der Waals surface area contributed by atoms with Crippen LogP contribution in [0.3, 0.4) is 0 Å². The number of aromatic amines is 1. The van der Waals surface area contributed by atoms with Gasteiger partial charge in [-0.2, -0.15) is 0 Å². The van der Waals surface area contributed by atoms with Crippen molar-refractivity contribution < 1.29 is 14.3 Å². The predicted molar refractivity (Wildman–Crippen MR) is 157 cm³/mol. The normalized spacial score (nSPS) is 14.8. The predicted octanol–water partition coefficient (Wildman–Crippen LogP) is 2.70. The van der Waals surface area contributed by atoms with E-state index < -0.39 is 0 Å². The van der Waals surface area contributed by atoms with Crippen molar-refractivity contribution in [1.82, 2.24) is 24.0 Å². The van der Waals surface area contributed by atoms with E-state index in [4.69, 9.17) is 25.6 Å². The number of hydrogen-bond acceptors (Lipinski definition) is 9. The molecule has 0 aliphatic carbocycles. The second kappa shape index (κ2) is 12.6. The van der Waals surface area contributed by atoms with Crippen molar-refractivity contribution >= 4 is 57.0 Å². The van der Waals surface area contributed by atoms with E-state index in [-0.39, 0.29) is 11.6 Å². The number of carbonyl (C=O) groups is 1. The summed E-state index contributed by atoms with van der Waals surface area (Å²) >= 11 is 1.26. The number of morpholine rings is 1. The molecule has 3 aromatic heterocycles. The molecule has 40 heavy (non-hydrogen) atoms. The Balaban J connectivity index is 1.46. The van der Waals surface area contributed by atoms with Gasteiger partial charge in [-0.25, -0.2) is 9.78 Å². The minimum absolute atomic E-state index is 0.156. The number of aromatic nitrogens is 4. The molecule has 0 saturated carbocycles. The van der Waals surface area contributed by atoms with Gasteiger partial charge in [-0.15, -0.1) is 11.3 Å². The maximum Gasteiger partial charge on any atom is 0.326 e. The highest BCUT2D eigenvalue weighted by atomic mass is 32.1. The van der Waals surface area contributed by atoms with Crippen LogP contribution in [0, 0.1) is 5.41 Å². The molecule has 0 radical (unpaired) electrons. The fourth-order valence-corrected chi connectivity index (χ4v) is 5.73. The summed E-state index contributed by atoms with van der Waals surface area (Å²) in [4.78, 5) is 37.2. The molecule has 212 valence electrons. The number of allylic oxidation sites excluding steroid dienone is 1. The van der Waals surface area contributed by atoms with Crippen molar-refractivity contribution in [3.8, 4) is 0 Å². The zero-order chi connectivity index (χ0) is 28.1. The highest BCUT2D eigenvalue weighted by molar-refractivity contribution is 7.15. The fraction of sp³-hybridized carbons (Fsp3) is 0.407. The molecule has 5 N–H and O–H groups in total. The molecule has 12 nitrogen and oxygen atoms in total. The zero-order valence-electron chi connectivity index (χ0n) is 22.4. The van der Waals surface area contributed by atoms with Crippen LogP contribution < -0.4 is 16.7 Å². The van der Waals surface area contributed by atoms with Crippen molar-refractivity contribution in [3.63, 3.8) is 0 Å². The molecule has 13 heteroatoms. The quantitative estimate of drug-likeness (QED) is 0.152. The number of imidazole rings is 2. The van der Waals surface area contributed by atoms with E-state index >= 15 is 0 Å². The van der Waals surface area contributed by atoms with Gasteiger partial charge >= 0.3 is 5.69 Å². The Hall–Kier alpha value is -3.78. The first-order valence-corrected chi connectivity index (χ1v) is 14.2. The number of thiophene rings is 1. The number of ether oxygens (including phenoxy) is 2. The van der Waals surface area contributed by atoms with Gasteiger partial charge in [0.05, 0.1) is 40.2 Å². The zero-order valence-corrected chi connectivity index (χ0v) is 23.3. The Morgan fingerprint density at radius 1 is 1.20 bits per heavy atom. The van der Waals surface area contributed by atoms with Crippen LogP contribution in [0.2, 0.25) is 0 Å². The van der Waals surface area contributed by atoms with Crippen molar-refractivity contribution in [1.29, 1.82) is 5.41 Å². The molecule has 1 amide bonds. The van der Waals surface area contributed by atoms with Crippen LogP contribution in [-0.2, 0) is 22.6 Å². The number of nitrogens with two attached hydrogens (primary N) is 1. The third kappa shape index (κ3) is 5.87. The number of hydrogen-bond donors (Lipinski definition) is 4. The third-order valence-corrected chi connectivity index (χ3v) is 8.07. The van der Waals surface area contributed by atoms with Crippen molar-refractivity contribution in [2.75, 3.05) is 51.4 Å². The topological polar surface area (TPSA) is 156 Å². The first kappa shape index (κ1) is 27.8. The minimum Gasteiger partial charge on any atom is -0.404 e. The van der Waals surface area contributed by atoms with Crippen molar-refractivity contribution in [2.45, 2.75) is 26.4 Å². The van der Waals surface area contributed by atoms with Crippen LogP contribution in [0.15, 0.2) is 35.3 Å². The maximum absolute atomic E-state index is 13.2. The van der Waals surface area contributed by atoms with Gasteiger partial charge in [0, 0.05) is 68.8 Å². The van der Waals surface area contributed by atoms with E-state index in [0.717, 1.165) is 48.2 Å². The van der Waals surface area contributed by atoms with E-state index in [9.17, 15) is 9.59 Å². The molecule has 0 spiro atoms. The summed E-state index contributed by atoms with van der Waals surface area (Å²) in [5, 5.41) is 10.5. The number of aryl methyl sites for hydroxylation is 1. The number of H-pyrrole nitrogens is 1. The van der Waals surface area contributed by atoms with Crippen LogP contribution in [-0.4, -0.2) is 82.2 Å². The summed E-state index contributed by atoms with van der Waals surface area (Å²) < 4.78 is 14.7. The van der Waals surface area contributed by atoms with Crippen LogP contribution >= 0.6 is 11.3 Å². The SMILES string of the molecule is CCOCCCn1c(NC(=O)c2ccc(/C(C=N)=C/N)s2)nc2cc3[nH]c(=O)n(CCN4CCOCC4)c3cc21. The lowest BCUT2D eigenvalue weighted by atomic mass is 10.2. The van der Waals surface area contributed by atoms with Gasteiger partial charge in [-0.3, -0.25) is 19.6 Å². The molecule has 4 heterocycles. The van der Waals surface area contributed by atoms with Crippen LogP contribution in [0.25, 0.3) is 27.6 Å². The summed E-state index contributed by atoms with van der Waals surface area (Å²) in [6.45, 7) is 8.17. The average Bonchev–Trinajstić information content (AvgIpc) is 3.65. The highest BCUT2D eigenvalue weighted by Gasteiger charge is 2.19. The fourth-order valence-electron chi connectivity index (χ4n) is 4.83. The molecule has 1 aliphatic heterocycles. The lowest BCUT2D eigenvalue weighted by Gasteiger charge is -2.26. The Labute approximate surface area is 234 Å². The number of benzene rings is 1. The Morgan fingerprint density at radius 3 is 2.75 bits per heavy atom. The molecule has 1 fully saturated rings. The largest absolute Gasteiger partial charge is 0.404 e. The number of amides is 1.